The van der Waals surface area contributed by atoms with E-state index in [2.05, 4.69) is 0 Å². The van der Waals surface area contributed by atoms with E-state index in [9.17, 15) is 9.59 Å². The summed E-state index contributed by atoms with van der Waals surface area (Å²) < 4.78 is 0. The molecular formula is C6H11NO3. The van der Waals surface area contributed by atoms with Gasteiger partial charge < -0.3 is 15.6 Å². The second kappa shape index (κ2) is 4.93. The summed E-state index contributed by atoms with van der Waals surface area (Å²) in [5.41, 5.74) is 5.20. The standard InChI is InChI=1S/C6H11NO3/c7-5(4-8)2-1-3-6(9)10/h4-5H,1-3,7H2,(H,9,10). The van der Waals surface area contributed by atoms with E-state index in [0.717, 1.165) is 0 Å². The van der Waals surface area contributed by atoms with Crippen molar-refractivity contribution in [1.82, 2.24) is 0 Å². The maximum absolute atomic E-state index is 9.94. The summed E-state index contributed by atoms with van der Waals surface area (Å²) in [6, 6.07) is -0.501. The third-order valence-corrected chi connectivity index (χ3v) is 1.10. The third kappa shape index (κ3) is 5.24. The Morgan fingerprint density at radius 1 is 1.70 bits per heavy atom. The highest BCUT2D eigenvalue weighted by atomic mass is 16.4. The first-order chi connectivity index (χ1) is 4.66. The van der Waals surface area contributed by atoms with Crippen molar-refractivity contribution in [3.05, 3.63) is 0 Å². The Kier molecular flexibility index (Phi) is 4.49. The first kappa shape index (κ1) is 9.10. The number of aliphatic carboxylic acids is 1. The lowest BCUT2D eigenvalue weighted by molar-refractivity contribution is -0.137. The average Bonchev–Trinajstić information content (AvgIpc) is 1.87. The molecule has 58 valence electrons. The number of rotatable bonds is 5. The van der Waals surface area contributed by atoms with Gasteiger partial charge in [0.2, 0.25) is 0 Å². The zero-order chi connectivity index (χ0) is 7.98. The molecule has 0 aliphatic heterocycles. The molecule has 0 heterocycles. The molecule has 1 unspecified atom stereocenters. The van der Waals surface area contributed by atoms with Gasteiger partial charge in [-0.05, 0) is 12.8 Å². The summed E-state index contributed by atoms with van der Waals surface area (Å²) in [4.78, 5) is 19.8. The summed E-state index contributed by atoms with van der Waals surface area (Å²) >= 11 is 0. The highest BCUT2D eigenvalue weighted by molar-refractivity contribution is 5.66. The topological polar surface area (TPSA) is 80.4 Å². The van der Waals surface area contributed by atoms with E-state index in [1.165, 1.54) is 0 Å². The van der Waals surface area contributed by atoms with Crippen LogP contribution in [-0.4, -0.2) is 23.4 Å². The molecule has 0 spiro atoms. The van der Waals surface area contributed by atoms with Crippen LogP contribution in [0.4, 0.5) is 0 Å². The van der Waals surface area contributed by atoms with Crippen LogP contribution in [0.15, 0.2) is 0 Å². The summed E-state index contributed by atoms with van der Waals surface area (Å²) in [5, 5.41) is 8.17. The second-order valence-electron chi connectivity index (χ2n) is 2.09. The Morgan fingerprint density at radius 2 is 2.30 bits per heavy atom. The molecule has 0 saturated heterocycles. The smallest absolute Gasteiger partial charge is 0.303 e. The minimum Gasteiger partial charge on any atom is -0.481 e. The zero-order valence-electron chi connectivity index (χ0n) is 5.62. The number of carbonyl (C=O) groups excluding carboxylic acids is 1. The number of carboxylic acid groups (broad SMARTS) is 1. The lowest BCUT2D eigenvalue weighted by atomic mass is 10.1. The molecule has 0 aromatic rings. The van der Waals surface area contributed by atoms with Crippen molar-refractivity contribution in [1.29, 1.82) is 0 Å². The lowest BCUT2D eigenvalue weighted by Gasteiger charge is -1.99. The van der Waals surface area contributed by atoms with Crippen molar-refractivity contribution < 1.29 is 14.7 Å². The lowest BCUT2D eigenvalue weighted by Crippen LogP contribution is -2.21. The van der Waals surface area contributed by atoms with E-state index in [0.29, 0.717) is 19.1 Å². The van der Waals surface area contributed by atoms with Crippen molar-refractivity contribution in [3.8, 4) is 0 Å². The number of aldehydes is 1. The van der Waals surface area contributed by atoms with Gasteiger partial charge in [0.05, 0.1) is 6.04 Å². The Morgan fingerprint density at radius 3 is 2.70 bits per heavy atom. The fourth-order valence-electron chi connectivity index (χ4n) is 0.557. The van der Waals surface area contributed by atoms with Crippen LogP contribution in [0.5, 0.6) is 0 Å². The van der Waals surface area contributed by atoms with E-state index in [1.807, 2.05) is 0 Å². The van der Waals surface area contributed by atoms with Crippen LogP contribution in [0, 0.1) is 0 Å². The van der Waals surface area contributed by atoms with E-state index >= 15 is 0 Å². The predicted molar refractivity (Wildman–Crippen MR) is 35.5 cm³/mol. The first-order valence-corrected chi connectivity index (χ1v) is 3.09. The number of hydrogen-bond donors (Lipinski definition) is 2. The fraction of sp³-hybridized carbons (Fsp3) is 0.667. The molecular weight excluding hydrogens is 134 g/mol. The highest BCUT2D eigenvalue weighted by Gasteiger charge is 2.01. The minimum atomic E-state index is -0.849. The monoisotopic (exact) mass is 145 g/mol. The molecule has 0 radical (unpaired) electrons. The number of hydrogen-bond acceptors (Lipinski definition) is 3. The quantitative estimate of drug-likeness (QED) is 0.523. The molecule has 0 rings (SSSR count). The molecule has 0 aliphatic carbocycles. The van der Waals surface area contributed by atoms with Crippen LogP contribution in [0.25, 0.3) is 0 Å². The van der Waals surface area contributed by atoms with Gasteiger partial charge in [-0.25, -0.2) is 0 Å². The van der Waals surface area contributed by atoms with Gasteiger partial charge in [-0.15, -0.1) is 0 Å². The molecule has 0 fully saturated rings. The molecule has 10 heavy (non-hydrogen) atoms. The Balaban J connectivity index is 3.19. The summed E-state index contributed by atoms with van der Waals surface area (Å²) in [6.45, 7) is 0. The van der Waals surface area contributed by atoms with Crippen molar-refractivity contribution in [2.24, 2.45) is 5.73 Å². The molecule has 0 saturated carbocycles. The van der Waals surface area contributed by atoms with Gasteiger partial charge in [0, 0.05) is 6.42 Å². The van der Waals surface area contributed by atoms with Gasteiger partial charge in [-0.3, -0.25) is 4.79 Å². The van der Waals surface area contributed by atoms with Crippen LogP contribution < -0.4 is 5.73 Å². The SMILES string of the molecule is NC(C=O)CCCC(=O)O. The van der Waals surface area contributed by atoms with Gasteiger partial charge in [0.15, 0.2) is 0 Å². The average molecular weight is 145 g/mol. The van der Waals surface area contributed by atoms with Crippen molar-refractivity contribution in [3.63, 3.8) is 0 Å². The van der Waals surface area contributed by atoms with E-state index < -0.39 is 12.0 Å². The van der Waals surface area contributed by atoms with Gasteiger partial charge in [0.1, 0.15) is 6.29 Å². The molecule has 0 aromatic heterocycles. The number of carboxylic acids is 1. The van der Waals surface area contributed by atoms with Crippen molar-refractivity contribution >= 4 is 12.3 Å². The number of nitrogens with two attached hydrogens (primary N) is 1. The normalized spacial score (nSPS) is 12.5. The van der Waals surface area contributed by atoms with Gasteiger partial charge in [-0.1, -0.05) is 0 Å². The van der Waals surface area contributed by atoms with Crippen molar-refractivity contribution in [2.75, 3.05) is 0 Å². The zero-order valence-corrected chi connectivity index (χ0v) is 5.62. The van der Waals surface area contributed by atoms with E-state index in [1.54, 1.807) is 0 Å². The Labute approximate surface area is 59.0 Å². The van der Waals surface area contributed by atoms with E-state index in [-0.39, 0.29) is 6.42 Å². The Hall–Kier alpha value is -0.900. The molecule has 0 aliphatic rings. The molecule has 0 amide bonds. The predicted octanol–water partition coefficient (Wildman–Crippen LogP) is -0.233. The molecule has 0 aromatic carbocycles. The first-order valence-electron chi connectivity index (χ1n) is 3.09. The van der Waals surface area contributed by atoms with Crippen LogP contribution in [0.1, 0.15) is 19.3 Å². The molecule has 4 heteroatoms. The van der Waals surface area contributed by atoms with E-state index in [4.69, 9.17) is 10.8 Å². The maximum atomic E-state index is 9.94. The van der Waals surface area contributed by atoms with Gasteiger partial charge in [0.25, 0.3) is 0 Å². The van der Waals surface area contributed by atoms with Gasteiger partial charge >= 0.3 is 5.97 Å². The molecule has 1 atom stereocenters. The van der Waals surface area contributed by atoms with Crippen LogP contribution in [-0.2, 0) is 9.59 Å². The largest absolute Gasteiger partial charge is 0.481 e. The summed E-state index contributed by atoms with van der Waals surface area (Å²) in [7, 11) is 0. The highest BCUT2D eigenvalue weighted by Crippen LogP contribution is 1.96. The van der Waals surface area contributed by atoms with Gasteiger partial charge in [-0.2, -0.15) is 0 Å². The van der Waals surface area contributed by atoms with Crippen LogP contribution >= 0.6 is 0 Å². The molecule has 0 bridgehead atoms. The molecule has 3 N–H and O–H groups in total. The van der Waals surface area contributed by atoms with Crippen LogP contribution in [0.3, 0.4) is 0 Å². The Bertz CT molecular complexity index is 124. The summed E-state index contributed by atoms with van der Waals surface area (Å²) in [6.07, 6.45) is 1.63. The number of carbonyl (C=O) groups is 2. The third-order valence-electron chi connectivity index (χ3n) is 1.10. The van der Waals surface area contributed by atoms with Crippen molar-refractivity contribution in [2.45, 2.75) is 25.3 Å². The molecule has 4 nitrogen and oxygen atoms in total. The second-order valence-corrected chi connectivity index (χ2v) is 2.09. The fourth-order valence-corrected chi connectivity index (χ4v) is 0.557. The minimum absolute atomic E-state index is 0.0849. The summed E-state index contributed by atoms with van der Waals surface area (Å²) in [5.74, 6) is -0.849. The maximum Gasteiger partial charge on any atom is 0.303 e. The van der Waals surface area contributed by atoms with Crippen LogP contribution in [0.2, 0.25) is 0 Å².